The molecule has 0 radical (unpaired) electrons. The number of hydrogen-bond donors (Lipinski definition) is 0. The summed E-state index contributed by atoms with van der Waals surface area (Å²) in [6.07, 6.45) is 10.8. The molecule has 24 heavy (non-hydrogen) atoms. The number of allylic oxidation sites excluding steroid dienone is 4. The highest BCUT2D eigenvalue weighted by atomic mass is 17.2. The van der Waals surface area contributed by atoms with E-state index in [0.717, 1.165) is 25.7 Å². The van der Waals surface area contributed by atoms with Crippen molar-refractivity contribution in [2.45, 2.75) is 71.2 Å². The average Bonchev–Trinajstić information content (AvgIpc) is 2.57. The molecule has 5 nitrogen and oxygen atoms in total. The van der Waals surface area contributed by atoms with Gasteiger partial charge < -0.3 is 9.47 Å². The maximum atomic E-state index is 11.4. The number of unbranched alkanes of at least 4 members (excludes halogenated alkanes) is 1. The normalized spacial score (nSPS) is 28.3. The second-order valence-electron chi connectivity index (χ2n) is 6.45. The first-order valence-corrected chi connectivity index (χ1v) is 8.76. The smallest absolute Gasteiger partial charge is 0.308 e. The molecule has 1 heterocycles. The van der Waals surface area contributed by atoms with Gasteiger partial charge in [0.15, 0.2) is 0 Å². The minimum absolute atomic E-state index is 0.156. The molecule has 0 amide bonds. The zero-order chi connectivity index (χ0) is 18.0. The summed E-state index contributed by atoms with van der Waals surface area (Å²) >= 11 is 0. The fourth-order valence-corrected chi connectivity index (χ4v) is 2.89. The van der Waals surface area contributed by atoms with Crippen LogP contribution in [0.15, 0.2) is 23.8 Å². The highest BCUT2D eigenvalue weighted by molar-refractivity contribution is 5.69. The van der Waals surface area contributed by atoms with Crippen LogP contribution in [0.25, 0.3) is 0 Å². The molecule has 0 N–H and O–H groups in total. The van der Waals surface area contributed by atoms with Crippen molar-refractivity contribution in [1.29, 1.82) is 0 Å². The lowest BCUT2D eigenvalue weighted by Crippen LogP contribution is -2.46. The summed E-state index contributed by atoms with van der Waals surface area (Å²) in [4.78, 5) is 22.4. The van der Waals surface area contributed by atoms with Crippen molar-refractivity contribution in [1.82, 2.24) is 0 Å². The maximum absolute atomic E-state index is 11.4. The van der Waals surface area contributed by atoms with Gasteiger partial charge in [-0.1, -0.05) is 37.6 Å². The summed E-state index contributed by atoms with van der Waals surface area (Å²) in [5.74, 6) is -0.863. The van der Waals surface area contributed by atoms with E-state index in [1.807, 2.05) is 6.92 Å². The van der Waals surface area contributed by atoms with E-state index >= 15 is 0 Å². The van der Waals surface area contributed by atoms with Gasteiger partial charge in [-0.25, -0.2) is 9.78 Å². The Morgan fingerprint density at radius 3 is 2.71 bits per heavy atom. The number of ether oxygens (including phenoxy) is 2. The molecule has 1 saturated heterocycles. The Bertz CT molecular complexity index is 443. The Kier molecular flexibility index (Phi) is 9.26. The van der Waals surface area contributed by atoms with E-state index in [-0.39, 0.29) is 24.4 Å². The van der Waals surface area contributed by atoms with Gasteiger partial charge in [0.05, 0.1) is 13.5 Å². The first-order valence-electron chi connectivity index (χ1n) is 8.76. The third-order valence-corrected chi connectivity index (χ3v) is 4.39. The van der Waals surface area contributed by atoms with Gasteiger partial charge in [-0.2, -0.15) is 0 Å². The molecule has 1 aliphatic heterocycles. The highest BCUT2D eigenvalue weighted by Crippen LogP contribution is 2.36. The molecule has 0 aromatic rings. The van der Waals surface area contributed by atoms with Gasteiger partial charge in [-0.05, 0) is 32.1 Å². The molecular weight excluding hydrogens is 308 g/mol. The Hall–Kier alpha value is -1.17. The van der Waals surface area contributed by atoms with Gasteiger partial charge >= 0.3 is 5.97 Å². The molecule has 138 valence electrons. The average molecular weight is 340 g/mol. The van der Waals surface area contributed by atoms with Crippen LogP contribution in [0.4, 0.5) is 0 Å². The van der Waals surface area contributed by atoms with Crippen LogP contribution in [0, 0.1) is 5.92 Å². The van der Waals surface area contributed by atoms with Crippen LogP contribution in [0.5, 0.6) is 0 Å². The predicted octanol–water partition coefficient (Wildman–Crippen LogP) is 4.33. The Labute approximate surface area is 145 Å². The molecule has 5 heteroatoms. The van der Waals surface area contributed by atoms with Crippen LogP contribution in [0.1, 0.15) is 59.3 Å². The molecule has 0 bridgehead atoms. The second kappa shape index (κ2) is 10.6. The molecule has 0 unspecified atom stereocenters. The van der Waals surface area contributed by atoms with Crippen LogP contribution in [0.2, 0.25) is 0 Å². The van der Waals surface area contributed by atoms with E-state index in [1.165, 1.54) is 12.7 Å². The van der Waals surface area contributed by atoms with Crippen molar-refractivity contribution in [3.05, 3.63) is 23.8 Å². The number of esters is 1. The van der Waals surface area contributed by atoms with Crippen LogP contribution < -0.4 is 0 Å². The van der Waals surface area contributed by atoms with Crippen LogP contribution in [-0.4, -0.2) is 32.1 Å². The molecule has 0 aromatic heterocycles. The zero-order valence-electron chi connectivity index (χ0n) is 15.7. The van der Waals surface area contributed by atoms with E-state index < -0.39 is 5.79 Å². The lowest BCUT2D eigenvalue weighted by atomic mass is 9.90. The SMILES string of the molecule is CC/C=C(C)\C=C\CCC[C@]1(OC)C[C@H](C)[C@H](CC(=O)OC)OO1. The summed E-state index contributed by atoms with van der Waals surface area (Å²) in [5.41, 5.74) is 1.29. The fourth-order valence-electron chi connectivity index (χ4n) is 2.89. The monoisotopic (exact) mass is 340 g/mol. The lowest BCUT2D eigenvalue weighted by Gasteiger charge is -2.40. The van der Waals surface area contributed by atoms with Crippen LogP contribution in [0.3, 0.4) is 0 Å². The van der Waals surface area contributed by atoms with E-state index in [9.17, 15) is 4.79 Å². The number of carbonyl (C=O) groups excluding carboxylic acids is 1. The van der Waals surface area contributed by atoms with Crippen molar-refractivity contribution in [2.75, 3.05) is 14.2 Å². The highest BCUT2D eigenvalue weighted by Gasteiger charge is 2.42. The summed E-state index contributed by atoms with van der Waals surface area (Å²) < 4.78 is 10.3. The number of methoxy groups -OCH3 is 2. The van der Waals surface area contributed by atoms with Gasteiger partial charge in [0, 0.05) is 20.0 Å². The Morgan fingerprint density at radius 1 is 1.38 bits per heavy atom. The molecule has 1 aliphatic rings. The summed E-state index contributed by atoms with van der Waals surface area (Å²) in [6.45, 7) is 6.29. The van der Waals surface area contributed by atoms with Gasteiger partial charge in [0.25, 0.3) is 0 Å². The van der Waals surface area contributed by atoms with Crippen molar-refractivity contribution < 1.29 is 24.0 Å². The van der Waals surface area contributed by atoms with Crippen molar-refractivity contribution in [3.8, 4) is 0 Å². The van der Waals surface area contributed by atoms with Crippen molar-refractivity contribution in [3.63, 3.8) is 0 Å². The largest absolute Gasteiger partial charge is 0.469 e. The van der Waals surface area contributed by atoms with Crippen LogP contribution >= 0.6 is 0 Å². The topological polar surface area (TPSA) is 54.0 Å². The predicted molar refractivity (Wildman–Crippen MR) is 93.2 cm³/mol. The first-order chi connectivity index (χ1) is 11.5. The molecule has 0 spiro atoms. The minimum Gasteiger partial charge on any atom is -0.469 e. The number of carbonyl (C=O) groups is 1. The molecule has 1 rings (SSSR count). The van der Waals surface area contributed by atoms with Gasteiger partial charge in [0.1, 0.15) is 6.10 Å². The Morgan fingerprint density at radius 2 is 2.12 bits per heavy atom. The molecule has 0 aliphatic carbocycles. The molecule has 1 fully saturated rings. The molecule has 3 atom stereocenters. The summed E-state index contributed by atoms with van der Waals surface area (Å²) in [7, 11) is 3.02. The maximum Gasteiger partial charge on any atom is 0.308 e. The second-order valence-corrected chi connectivity index (χ2v) is 6.45. The quantitative estimate of drug-likeness (QED) is 0.271. The first kappa shape index (κ1) is 20.9. The molecule has 0 aromatic carbocycles. The van der Waals surface area contributed by atoms with Gasteiger partial charge in [-0.3, -0.25) is 4.79 Å². The third-order valence-electron chi connectivity index (χ3n) is 4.39. The van der Waals surface area contributed by atoms with E-state index in [0.29, 0.717) is 6.42 Å². The number of hydrogen-bond acceptors (Lipinski definition) is 5. The zero-order valence-corrected chi connectivity index (χ0v) is 15.7. The van der Waals surface area contributed by atoms with Crippen molar-refractivity contribution >= 4 is 5.97 Å². The Balaban J connectivity index is 2.45. The number of rotatable bonds is 9. The van der Waals surface area contributed by atoms with Gasteiger partial charge in [0.2, 0.25) is 5.79 Å². The van der Waals surface area contributed by atoms with Crippen LogP contribution in [-0.2, 0) is 24.0 Å². The van der Waals surface area contributed by atoms with Gasteiger partial charge in [-0.15, -0.1) is 0 Å². The summed E-state index contributed by atoms with van der Waals surface area (Å²) in [6, 6.07) is 0. The fraction of sp³-hybridized carbons (Fsp3) is 0.737. The van der Waals surface area contributed by atoms with E-state index in [4.69, 9.17) is 19.2 Å². The van der Waals surface area contributed by atoms with Crippen molar-refractivity contribution in [2.24, 2.45) is 5.92 Å². The summed E-state index contributed by atoms with van der Waals surface area (Å²) in [5, 5.41) is 0. The van der Waals surface area contributed by atoms with E-state index in [1.54, 1.807) is 7.11 Å². The minimum atomic E-state index is -0.728. The lowest BCUT2D eigenvalue weighted by molar-refractivity contribution is -0.475. The van der Waals surface area contributed by atoms with E-state index in [2.05, 4.69) is 32.1 Å². The standard InChI is InChI=1S/C19H32O5/c1-6-10-15(2)11-8-7-9-12-19(22-5)14-16(3)17(23-24-19)13-18(20)21-4/h8,10-11,16-17H,6-7,9,12-14H2,1-5H3/b11-8+,15-10-/t16-,17-,19+/m0/s1. The third kappa shape index (κ3) is 6.75. The molecule has 0 saturated carbocycles. The molecular formula is C19H32O5.